The maximum absolute atomic E-state index is 12.4. The second-order valence-corrected chi connectivity index (χ2v) is 9.33. The minimum atomic E-state index is -0.0727. The summed E-state index contributed by atoms with van der Waals surface area (Å²) in [5.74, 6) is 2.58. The number of hydrogen-bond donors (Lipinski definition) is 3. The lowest BCUT2D eigenvalue weighted by atomic mass is 9.49. The second-order valence-electron chi connectivity index (χ2n) is 9.33. The van der Waals surface area contributed by atoms with Crippen LogP contribution in [0.4, 0.5) is 0 Å². The van der Waals surface area contributed by atoms with Gasteiger partial charge in [0.15, 0.2) is 0 Å². The molecule has 4 saturated carbocycles. The van der Waals surface area contributed by atoms with E-state index in [1.807, 2.05) is 0 Å². The Balaban J connectivity index is 1.14. The highest BCUT2D eigenvalue weighted by Crippen LogP contribution is 2.61. The number of carbonyl (C=O) groups is 2. The fourth-order valence-corrected chi connectivity index (χ4v) is 6.44. The standard InChI is InChI=1S/C20H33N3O3/c24-18(13-20-10-15-7-16(11-20)9-17(8-15)12-20)22-14-19(25)21-1-2-23-3-5-26-6-4-23/h15-17H,1-14H2,(H,21,25)(H,22,24)/p+1. The zero-order chi connectivity index (χ0) is 18.0. The highest BCUT2D eigenvalue weighted by Gasteiger charge is 2.51. The maximum atomic E-state index is 12.4. The molecule has 6 heteroatoms. The van der Waals surface area contributed by atoms with Crippen molar-refractivity contribution in [2.75, 3.05) is 45.9 Å². The summed E-state index contributed by atoms with van der Waals surface area (Å²) in [5, 5.41) is 5.80. The summed E-state index contributed by atoms with van der Waals surface area (Å²) in [6, 6.07) is 0. The van der Waals surface area contributed by atoms with Gasteiger partial charge in [0.25, 0.3) is 0 Å². The average molecular weight is 365 g/mol. The van der Waals surface area contributed by atoms with Gasteiger partial charge in [0, 0.05) is 6.42 Å². The molecule has 0 aromatic heterocycles. The quantitative estimate of drug-likeness (QED) is 0.583. The van der Waals surface area contributed by atoms with Gasteiger partial charge in [-0.1, -0.05) is 0 Å². The van der Waals surface area contributed by atoms with E-state index in [1.54, 1.807) is 0 Å². The van der Waals surface area contributed by atoms with E-state index in [1.165, 1.54) is 43.4 Å². The van der Waals surface area contributed by atoms with Crippen molar-refractivity contribution in [1.82, 2.24) is 10.6 Å². The van der Waals surface area contributed by atoms with Crippen LogP contribution in [0, 0.1) is 23.2 Å². The molecule has 5 aliphatic rings. The van der Waals surface area contributed by atoms with Gasteiger partial charge < -0.3 is 20.3 Å². The Morgan fingerprint density at radius 3 is 2.15 bits per heavy atom. The van der Waals surface area contributed by atoms with E-state index in [0.717, 1.165) is 50.6 Å². The summed E-state index contributed by atoms with van der Waals surface area (Å²) < 4.78 is 5.34. The van der Waals surface area contributed by atoms with E-state index in [2.05, 4.69) is 10.6 Å². The van der Waals surface area contributed by atoms with Crippen LogP contribution in [-0.2, 0) is 14.3 Å². The molecule has 6 nitrogen and oxygen atoms in total. The van der Waals surface area contributed by atoms with Crippen molar-refractivity contribution in [3.8, 4) is 0 Å². The van der Waals surface area contributed by atoms with E-state index < -0.39 is 0 Å². The molecule has 1 heterocycles. The number of carbonyl (C=O) groups excluding carboxylic acids is 2. The lowest BCUT2D eigenvalue weighted by Crippen LogP contribution is -3.14. The van der Waals surface area contributed by atoms with E-state index in [9.17, 15) is 9.59 Å². The highest BCUT2D eigenvalue weighted by atomic mass is 16.5. The van der Waals surface area contributed by atoms with Crippen LogP contribution in [0.1, 0.15) is 44.9 Å². The van der Waals surface area contributed by atoms with Crippen molar-refractivity contribution in [3.05, 3.63) is 0 Å². The fourth-order valence-electron chi connectivity index (χ4n) is 6.44. The third kappa shape index (κ3) is 4.39. The molecule has 3 N–H and O–H groups in total. The normalized spacial score (nSPS) is 36.1. The largest absolute Gasteiger partial charge is 0.370 e. The first kappa shape index (κ1) is 18.2. The van der Waals surface area contributed by atoms with E-state index >= 15 is 0 Å². The summed E-state index contributed by atoms with van der Waals surface area (Å²) in [5.41, 5.74) is 0.245. The molecule has 0 aromatic carbocycles. The first-order chi connectivity index (χ1) is 12.6. The van der Waals surface area contributed by atoms with Gasteiger partial charge in [-0.15, -0.1) is 0 Å². The summed E-state index contributed by atoms with van der Waals surface area (Å²) in [4.78, 5) is 25.9. The maximum Gasteiger partial charge on any atom is 0.239 e. The van der Waals surface area contributed by atoms with Crippen LogP contribution in [0.3, 0.4) is 0 Å². The lowest BCUT2D eigenvalue weighted by Gasteiger charge is -2.56. The van der Waals surface area contributed by atoms with Gasteiger partial charge in [-0.3, -0.25) is 9.59 Å². The van der Waals surface area contributed by atoms with Crippen LogP contribution in [0.2, 0.25) is 0 Å². The van der Waals surface area contributed by atoms with Crippen molar-refractivity contribution in [3.63, 3.8) is 0 Å². The zero-order valence-electron chi connectivity index (χ0n) is 15.9. The summed E-state index contributed by atoms with van der Waals surface area (Å²) in [6.45, 7) is 5.35. The summed E-state index contributed by atoms with van der Waals surface area (Å²) in [7, 11) is 0. The SMILES string of the molecule is O=C(CNC(=O)CC12CC3CC(CC(C3)C1)C2)NCC[NH+]1CCOCC1. The van der Waals surface area contributed by atoms with E-state index in [-0.39, 0.29) is 23.8 Å². The molecule has 0 atom stereocenters. The average Bonchev–Trinajstić information content (AvgIpc) is 2.59. The molecule has 146 valence electrons. The molecule has 1 saturated heterocycles. The predicted molar refractivity (Wildman–Crippen MR) is 97.6 cm³/mol. The van der Waals surface area contributed by atoms with Gasteiger partial charge in [-0.05, 0) is 61.7 Å². The first-order valence-electron chi connectivity index (χ1n) is 10.5. The molecule has 4 aliphatic carbocycles. The topological polar surface area (TPSA) is 71.9 Å². The van der Waals surface area contributed by atoms with Crippen LogP contribution >= 0.6 is 0 Å². The smallest absolute Gasteiger partial charge is 0.239 e. The van der Waals surface area contributed by atoms with Crippen molar-refractivity contribution in [2.45, 2.75) is 44.9 Å². The van der Waals surface area contributed by atoms with E-state index in [0.29, 0.717) is 13.0 Å². The fraction of sp³-hybridized carbons (Fsp3) is 0.900. The van der Waals surface area contributed by atoms with Crippen LogP contribution < -0.4 is 15.5 Å². The van der Waals surface area contributed by atoms with Crippen LogP contribution in [0.25, 0.3) is 0 Å². The molecule has 5 fully saturated rings. The highest BCUT2D eigenvalue weighted by molar-refractivity contribution is 5.84. The summed E-state index contributed by atoms with van der Waals surface area (Å²) >= 11 is 0. The van der Waals surface area contributed by atoms with Crippen molar-refractivity contribution >= 4 is 11.8 Å². The Bertz CT molecular complexity index is 495. The number of hydrogen-bond acceptors (Lipinski definition) is 3. The zero-order valence-corrected chi connectivity index (χ0v) is 15.9. The number of rotatable bonds is 7. The van der Waals surface area contributed by atoms with Crippen molar-refractivity contribution in [1.29, 1.82) is 0 Å². The Morgan fingerprint density at radius 2 is 1.54 bits per heavy atom. The van der Waals surface area contributed by atoms with Gasteiger partial charge >= 0.3 is 0 Å². The number of amides is 2. The van der Waals surface area contributed by atoms with Gasteiger partial charge in [0.1, 0.15) is 13.1 Å². The predicted octanol–water partition coefficient (Wildman–Crippen LogP) is -0.260. The van der Waals surface area contributed by atoms with E-state index in [4.69, 9.17) is 4.74 Å². The van der Waals surface area contributed by atoms with Crippen LogP contribution in [0.5, 0.6) is 0 Å². The van der Waals surface area contributed by atoms with Gasteiger partial charge in [-0.2, -0.15) is 0 Å². The molecule has 1 aliphatic heterocycles. The molecule has 26 heavy (non-hydrogen) atoms. The second kappa shape index (κ2) is 7.85. The number of quaternary nitrogens is 1. The lowest BCUT2D eigenvalue weighted by molar-refractivity contribution is -0.906. The molecule has 4 bridgehead atoms. The van der Waals surface area contributed by atoms with Crippen molar-refractivity contribution < 1.29 is 19.2 Å². The molecule has 2 amide bonds. The Labute approximate surface area is 156 Å². The third-order valence-electron chi connectivity index (χ3n) is 7.15. The van der Waals surface area contributed by atoms with Gasteiger partial charge in [-0.25, -0.2) is 0 Å². The monoisotopic (exact) mass is 364 g/mol. The molecule has 5 rings (SSSR count). The Hall–Kier alpha value is -1.14. The molecular formula is C20H34N3O3+. The van der Waals surface area contributed by atoms with Crippen LogP contribution in [-0.4, -0.2) is 57.8 Å². The van der Waals surface area contributed by atoms with Crippen molar-refractivity contribution in [2.24, 2.45) is 23.2 Å². The van der Waals surface area contributed by atoms with Gasteiger partial charge in [0.05, 0.1) is 32.8 Å². The number of nitrogens with one attached hydrogen (secondary N) is 3. The molecular weight excluding hydrogens is 330 g/mol. The first-order valence-corrected chi connectivity index (χ1v) is 10.5. The molecule has 0 spiro atoms. The molecule has 0 unspecified atom stereocenters. The summed E-state index contributed by atoms with van der Waals surface area (Å²) in [6.07, 6.45) is 8.53. The number of morpholine rings is 1. The Morgan fingerprint density at radius 1 is 0.923 bits per heavy atom. The van der Waals surface area contributed by atoms with Gasteiger partial charge in [0.2, 0.25) is 11.8 Å². The minimum absolute atomic E-state index is 0.0703. The third-order valence-corrected chi connectivity index (χ3v) is 7.15. The number of ether oxygens (including phenoxy) is 1. The minimum Gasteiger partial charge on any atom is -0.370 e. The molecule has 0 aromatic rings. The Kier molecular flexibility index (Phi) is 5.50. The molecule has 0 radical (unpaired) electrons. The van der Waals surface area contributed by atoms with Crippen LogP contribution in [0.15, 0.2) is 0 Å².